The zero-order valence-electron chi connectivity index (χ0n) is 13.6. The van der Waals surface area contributed by atoms with Crippen molar-refractivity contribution in [3.63, 3.8) is 0 Å². The van der Waals surface area contributed by atoms with Crippen molar-refractivity contribution in [3.8, 4) is 5.97 Å². The molecule has 0 rings (SSSR count). The second-order valence-electron chi connectivity index (χ2n) is 5.18. The molecule has 0 radical (unpaired) electrons. The molecule has 3 nitrogen and oxygen atoms in total. The molecule has 0 aromatic rings. The number of hydrogen-bond acceptors (Lipinski definition) is 3. The lowest BCUT2D eigenvalue weighted by Gasteiger charge is -2.34. The van der Waals surface area contributed by atoms with Gasteiger partial charge < -0.3 is 8.69 Å². The molecule has 0 N–H and O–H groups in total. The summed E-state index contributed by atoms with van der Waals surface area (Å²) < 4.78 is 12.4. The van der Waals surface area contributed by atoms with E-state index in [1.54, 1.807) is 0 Å². The van der Waals surface area contributed by atoms with E-state index in [0.717, 1.165) is 36.3 Å². The number of hydrogen-bond donors (Lipinski definition) is 0. The molecule has 0 fully saturated rings. The fourth-order valence-electron chi connectivity index (χ4n) is 2.53. The molecule has 0 aliphatic carbocycles. The second kappa shape index (κ2) is 8.96. The summed E-state index contributed by atoms with van der Waals surface area (Å²) in [6.45, 7) is 13.1. The van der Waals surface area contributed by atoms with Gasteiger partial charge in [0.2, 0.25) is 0 Å². The molecule has 0 amide bonds. The van der Waals surface area contributed by atoms with Crippen LogP contribution in [0.25, 0.3) is 0 Å². The maximum absolute atomic E-state index is 9.37. The molecule has 0 saturated heterocycles. The molecule has 6 heteroatoms. The molecule has 0 heterocycles. The molecule has 0 unspecified atom stereocenters. The van der Waals surface area contributed by atoms with E-state index >= 15 is 0 Å². The van der Waals surface area contributed by atoms with Gasteiger partial charge in [-0.2, -0.15) is 0 Å². The number of rotatable bonds is 10. The Morgan fingerprint density at radius 1 is 0.737 bits per heavy atom. The van der Waals surface area contributed by atoms with Gasteiger partial charge >= 0.3 is 7.12 Å². The monoisotopic (exact) mass is 299 g/mol. The number of nitrogens with zero attached hydrogens (tertiary/aromatic N) is 1. The largest absolute Gasteiger partial charge is 0.557 e. The molecule has 0 aromatic heterocycles. The topological polar surface area (TPSA) is 42.2 Å². The van der Waals surface area contributed by atoms with Crippen LogP contribution in [0.3, 0.4) is 0 Å². The quantitative estimate of drug-likeness (QED) is 0.554. The normalized spacial score (nSPS) is 12.3. The lowest BCUT2D eigenvalue weighted by molar-refractivity contribution is 0.416. The Morgan fingerprint density at radius 3 is 1.16 bits per heavy atom. The van der Waals surface area contributed by atoms with Crippen LogP contribution in [-0.4, -0.2) is 23.8 Å². The number of nitriles is 1. The molecule has 0 saturated carbocycles. The zero-order valence-corrected chi connectivity index (χ0v) is 15.6. The smallest absolute Gasteiger partial charge is 0.441 e. The average Bonchev–Trinajstić information content (AvgIpc) is 2.49. The van der Waals surface area contributed by atoms with Gasteiger partial charge in [0.1, 0.15) is 0 Å². The highest BCUT2D eigenvalue weighted by molar-refractivity contribution is 6.85. The zero-order chi connectivity index (χ0) is 14.9. The summed E-state index contributed by atoms with van der Waals surface area (Å²) in [7, 11) is -4.17. The predicted molar refractivity (Wildman–Crippen MR) is 87.9 cm³/mol. The van der Waals surface area contributed by atoms with Crippen LogP contribution in [0.1, 0.15) is 41.5 Å². The summed E-state index contributed by atoms with van der Waals surface area (Å²) in [4.78, 5) is 0. The van der Waals surface area contributed by atoms with E-state index < -0.39 is 23.8 Å². The van der Waals surface area contributed by atoms with Crippen LogP contribution in [0.2, 0.25) is 36.3 Å². The van der Waals surface area contributed by atoms with Crippen LogP contribution in [0.5, 0.6) is 0 Å². The van der Waals surface area contributed by atoms with E-state index in [2.05, 4.69) is 47.5 Å². The minimum absolute atomic E-state index is 0.641. The van der Waals surface area contributed by atoms with Gasteiger partial charge in [-0.1, -0.05) is 41.5 Å². The summed E-state index contributed by atoms with van der Waals surface area (Å²) in [6.07, 6.45) is 0. The average molecular weight is 299 g/mol. The first-order chi connectivity index (χ1) is 9.00. The maximum Gasteiger partial charge on any atom is 0.557 e. The minimum Gasteiger partial charge on any atom is -0.441 e. The Morgan fingerprint density at radius 2 is 1.00 bits per heavy atom. The molecule has 19 heavy (non-hydrogen) atoms. The summed E-state index contributed by atoms with van der Waals surface area (Å²) in [6, 6.07) is 6.34. The highest BCUT2D eigenvalue weighted by Crippen LogP contribution is 2.27. The Bertz CT molecular complexity index is 250. The van der Waals surface area contributed by atoms with Gasteiger partial charge in [0, 0.05) is 0 Å². The van der Waals surface area contributed by atoms with Crippen LogP contribution in [0.4, 0.5) is 0 Å². The van der Waals surface area contributed by atoms with Crippen molar-refractivity contribution >= 4 is 23.8 Å². The van der Waals surface area contributed by atoms with Crippen LogP contribution in [0.15, 0.2) is 0 Å². The SMILES string of the molecule is CC[Si](CC)(CC)OB(C#N)O[Si](CC)(CC)CC. The van der Waals surface area contributed by atoms with E-state index in [-0.39, 0.29) is 0 Å². The standard InChI is InChI=1S/C13H30BNO2Si2/c1-7-18(8-2,9-3)16-14(13-15)17-19(10-4,11-5)12-6/h7-12H2,1-6H3. The van der Waals surface area contributed by atoms with Gasteiger partial charge in [-0.15, -0.1) is 0 Å². The molecule has 0 spiro atoms. The third-order valence-corrected chi connectivity index (χ3v) is 13.8. The van der Waals surface area contributed by atoms with Gasteiger partial charge in [-0.3, -0.25) is 0 Å². The van der Waals surface area contributed by atoms with Gasteiger partial charge in [0.25, 0.3) is 0 Å². The molecule has 0 aliphatic heterocycles. The second-order valence-corrected chi connectivity index (χ2v) is 14.6. The summed E-state index contributed by atoms with van der Waals surface area (Å²) in [5.41, 5.74) is 0. The molecule has 0 aliphatic rings. The van der Waals surface area contributed by atoms with Gasteiger partial charge in [0.15, 0.2) is 16.6 Å². The lowest BCUT2D eigenvalue weighted by Crippen LogP contribution is -2.49. The summed E-state index contributed by atoms with van der Waals surface area (Å²) in [5, 5.41) is 9.37. The lowest BCUT2D eigenvalue weighted by atomic mass is 9.97. The third kappa shape index (κ3) is 5.07. The van der Waals surface area contributed by atoms with Crippen molar-refractivity contribution in [2.24, 2.45) is 0 Å². The minimum atomic E-state index is -1.76. The van der Waals surface area contributed by atoms with E-state index in [0.29, 0.717) is 0 Å². The van der Waals surface area contributed by atoms with Gasteiger partial charge in [-0.25, -0.2) is 5.26 Å². The van der Waals surface area contributed by atoms with Crippen molar-refractivity contribution in [2.45, 2.75) is 77.8 Å². The summed E-state index contributed by atoms with van der Waals surface area (Å²) in [5.74, 6) is 2.24. The van der Waals surface area contributed by atoms with Crippen LogP contribution in [-0.2, 0) is 8.69 Å². The van der Waals surface area contributed by atoms with Crippen LogP contribution < -0.4 is 0 Å². The van der Waals surface area contributed by atoms with E-state index in [4.69, 9.17) is 8.69 Å². The highest BCUT2D eigenvalue weighted by Gasteiger charge is 2.40. The van der Waals surface area contributed by atoms with E-state index in [1.165, 1.54) is 0 Å². The molecule has 0 bridgehead atoms. The van der Waals surface area contributed by atoms with Crippen molar-refractivity contribution in [1.29, 1.82) is 5.26 Å². The van der Waals surface area contributed by atoms with Crippen molar-refractivity contribution in [1.82, 2.24) is 0 Å². The van der Waals surface area contributed by atoms with Crippen LogP contribution in [0, 0.1) is 11.2 Å². The fraction of sp³-hybridized carbons (Fsp3) is 0.923. The summed E-state index contributed by atoms with van der Waals surface area (Å²) >= 11 is 0. The first-order valence-corrected chi connectivity index (χ1v) is 12.8. The van der Waals surface area contributed by atoms with Crippen molar-refractivity contribution in [3.05, 3.63) is 0 Å². The first kappa shape index (κ1) is 18.9. The Hall–Kier alpha value is -0.0913. The van der Waals surface area contributed by atoms with Gasteiger partial charge in [-0.05, 0) is 36.3 Å². The fourth-order valence-corrected chi connectivity index (χ4v) is 7.74. The molecule has 0 atom stereocenters. The Labute approximate surface area is 122 Å². The Kier molecular flexibility index (Phi) is 8.91. The van der Waals surface area contributed by atoms with Crippen molar-refractivity contribution < 1.29 is 8.69 Å². The van der Waals surface area contributed by atoms with Crippen LogP contribution >= 0.6 is 0 Å². The van der Waals surface area contributed by atoms with E-state index in [1.807, 2.05) is 0 Å². The first-order valence-electron chi connectivity index (χ1n) is 7.76. The van der Waals surface area contributed by atoms with E-state index in [9.17, 15) is 5.26 Å². The molecule has 110 valence electrons. The Balaban J connectivity index is 4.90. The maximum atomic E-state index is 9.37. The predicted octanol–water partition coefficient (Wildman–Crippen LogP) is 4.58. The molecular weight excluding hydrogens is 269 g/mol. The molecular formula is C13H30BNO2Si2. The third-order valence-electron chi connectivity index (χ3n) is 4.69. The van der Waals surface area contributed by atoms with Gasteiger partial charge in [0.05, 0.1) is 5.97 Å². The highest BCUT2D eigenvalue weighted by atomic mass is 28.4. The molecule has 0 aromatic carbocycles. The van der Waals surface area contributed by atoms with Crippen molar-refractivity contribution in [2.75, 3.05) is 0 Å².